The van der Waals surface area contributed by atoms with Crippen molar-refractivity contribution in [1.29, 1.82) is 0 Å². The Balaban J connectivity index is 2.42. The van der Waals surface area contributed by atoms with E-state index in [0.29, 0.717) is 5.92 Å². The minimum atomic E-state index is -0.0448. The monoisotopic (exact) mass is 224 g/mol. The summed E-state index contributed by atoms with van der Waals surface area (Å²) < 4.78 is 1.62. The maximum atomic E-state index is 11.1. The number of amides is 1. The first-order chi connectivity index (χ1) is 7.65. The second-order valence-corrected chi connectivity index (χ2v) is 3.99. The molecular formula is C11H20N4O. The minimum absolute atomic E-state index is 0.0448. The SMILES string of the molecule is CCC(C)CNc1cnn(CC(=O)NC)c1. The molecule has 2 N–H and O–H groups in total. The normalized spacial score (nSPS) is 12.2. The van der Waals surface area contributed by atoms with Crippen LogP contribution in [0, 0.1) is 5.92 Å². The van der Waals surface area contributed by atoms with Crippen LogP contribution in [0.15, 0.2) is 12.4 Å². The summed E-state index contributed by atoms with van der Waals surface area (Å²) in [4.78, 5) is 11.1. The van der Waals surface area contributed by atoms with Crippen molar-refractivity contribution in [3.8, 4) is 0 Å². The van der Waals surface area contributed by atoms with Gasteiger partial charge in [-0.05, 0) is 5.92 Å². The average Bonchev–Trinajstić information content (AvgIpc) is 2.73. The molecule has 0 saturated heterocycles. The summed E-state index contributed by atoms with van der Waals surface area (Å²) in [5.41, 5.74) is 0.962. The molecule has 0 bridgehead atoms. The molecule has 1 unspecified atom stereocenters. The van der Waals surface area contributed by atoms with Gasteiger partial charge in [0.25, 0.3) is 0 Å². The van der Waals surface area contributed by atoms with Gasteiger partial charge in [0.1, 0.15) is 6.54 Å². The van der Waals surface area contributed by atoms with Crippen LogP contribution >= 0.6 is 0 Å². The van der Waals surface area contributed by atoms with Crippen molar-refractivity contribution in [3.05, 3.63) is 12.4 Å². The third kappa shape index (κ3) is 3.92. The Morgan fingerprint density at radius 1 is 1.62 bits per heavy atom. The molecule has 0 radical (unpaired) electrons. The zero-order chi connectivity index (χ0) is 12.0. The van der Waals surface area contributed by atoms with E-state index >= 15 is 0 Å². The van der Waals surface area contributed by atoms with Crippen LogP contribution in [0.1, 0.15) is 20.3 Å². The van der Waals surface area contributed by atoms with Crippen LogP contribution in [0.5, 0.6) is 0 Å². The smallest absolute Gasteiger partial charge is 0.241 e. The maximum Gasteiger partial charge on any atom is 0.241 e. The predicted molar refractivity (Wildman–Crippen MR) is 64.2 cm³/mol. The van der Waals surface area contributed by atoms with E-state index in [9.17, 15) is 4.79 Å². The molecule has 1 aromatic rings. The molecule has 5 heteroatoms. The van der Waals surface area contributed by atoms with Gasteiger partial charge in [-0.1, -0.05) is 20.3 Å². The second kappa shape index (κ2) is 6.15. The van der Waals surface area contributed by atoms with E-state index in [1.165, 1.54) is 0 Å². The molecule has 0 spiro atoms. The van der Waals surface area contributed by atoms with E-state index in [4.69, 9.17) is 0 Å². The molecule has 0 aliphatic carbocycles. The highest BCUT2D eigenvalue weighted by molar-refractivity contribution is 5.75. The first-order valence-electron chi connectivity index (χ1n) is 5.62. The van der Waals surface area contributed by atoms with Gasteiger partial charge in [0, 0.05) is 19.8 Å². The van der Waals surface area contributed by atoms with Crippen molar-refractivity contribution in [2.75, 3.05) is 18.9 Å². The number of aromatic nitrogens is 2. The van der Waals surface area contributed by atoms with Gasteiger partial charge in [-0.2, -0.15) is 5.10 Å². The fraction of sp³-hybridized carbons (Fsp3) is 0.636. The second-order valence-electron chi connectivity index (χ2n) is 3.99. The third-order valence-corrected chi connectivity index (χ3v) is 2.57. The lowest BCUT2D eigenvalue weighted by atomic mass is 10.1. The lowest BCUT2D eigenvalue weighted by Gasteiger charge is -2.08. The quantitative estimate of drug-likeness (QED) is 0.760. The van der Waals surface area contributed by atoms with E-state index in [2.05, 4.69) is 29.6 Å². The first-order valence-corrected chi connectivity index (χ1v) is 5.62. The van der Waals surface area contributed by atoms with Crippen LogP contribution in [0.25, 0.3) is 0 Å². The largest absolute Gasteiger partial charge is 0.382 e. The zero-order valence-electron chi connectivity index (χ0n) is 10.2. The highest BCUT2D eigenvalue weighted by atomic mass is 16.1. The van der Waals surface area contributed by atoms with E-state index in [0.717, 1.165) is 18.7 Å². The summed E-state index contributed by atoms with van der Waals surface area (Å²) in [6.07, 6.45) is 4.74. The third-order valence-electron chi connectivity index (χ3n) is 2.57. The van der Waals surface area contributed by atoms with Crippen molar-refractivity contribution in [2.45, 2.75) is 26.8 Å². The van der Waals surface area contributed by atoms with Crippen molar-refractivity contribution < 1.29 is 4.79 Å². The first kappa shape index (κ1) is 12.5. The van der Waals surface area contributed by atoms with Crippen LogP contribution in [0.3, 0.4) is 0 Å². The number of rotatable bonds is 6. The van der Waals surface area contributed by atoms with Gasteiger partial charge in [-0.15, -0.1) is 0 Å². The molecule has 1 aromatic heterocycles. The van der Waals surface area contributed by atoms with E-state index in [-0.39, 0.29) is 12.5 Å². The van der Waals surface area contributed by atoms with Crippen molar-refractivity contribution in [3.63, 3.8) is 0 Å². The summed E-state index contributed by atoms with van der Waals surface area (Å²) >= 11 is 0. The van der Waals surface area contributed by atoms with Crippen LogP contribution in [0.2, 0.25) is 0 Å². The Bertz CT molecular complexity index is 334. The molecule has 0 saturated carbocycles. The van der Waals surface area contributed by atoms with Gasteiger partial charge in [0.2, 0.25) is 5.91 Å². The standard InChI is InChI=1S/C11H20N4O/c1-4-9(2)5-13-10-6-14-15(7-10)8-11(16)12-3/h6-7,9,13H,4-5,8H2,1-3H3,(H,12,16). The Labute approximate surface area is 96.2 Å². The fourth-order valence-electron chi connectivity index (χ4n) is 1.20. The highest BCUT2D eigenvalue weighted by Gasteiger charge is 2.03. The summed E-state index contributed by atoms with van der Waals surface area (Å²) in [6.45, 7) is 5.56. The molecule has 0 aromatic carbocycles. The maximum absolute atomic E-state index is 11.1. The van der Waals surface area contributed by atoms with Crippen molar-refractivity contribution >= 4 is 11.6 Å². The van der Waals surface area contributed by atoms with E-state index in [1.54, 1.807) is 17.9 Å². The minimum Gasteiger partial charge on any atom is -0.382 e. The topological polar surface area (TPSA) is 59.0 Å². The summed E-state index contributed by atoms with van der Waals surface area (Å²) in [6, 6.07) is 0. The molecule has 1 heterocycles. The molecule has 0 aliphatic rings. The number of likely N-dealkylation sites (N-methyl/N-ethyl adjacent to an activating group) is 1. The Hall–Kier alpha value is -1.52. The number of hydrogen-bond donors (Lipinski definition) is 2. The van der Waals surface area contributed by atoms with Gasteiger partial charge in [-0.3, -0.25) is 9.48 Å². The number of carbonyl (C=O) groups excluding carboxylic acids is 1. The number of carbonyl (C=O) groups is 1. The molecule has 1 atom stereocenters. The molecule has 16 heavy (non-hydrogen) atoms. The van der Waals surface area contributed by atoms with Gasteiger partial charge >= 0.3 is 0 Å². The number of nitrogens with one attached hydrogen (secondary N) is 2. The highest BCUT2D eigenvalue weighted by Crippen LogP contribution is 2.07. The van der Waals surface area contributed by atoms with E-state index in [1.807, 2.05) is 6.20 Å². The zero-order valence-corrected chi connectivity index (χ0v) is 10.2. The van der Waals surface area contributed by atoms with Crippen LogP contribution < -0.4 is 10.6 Å². The molecule has 0 fully saturated rings. The van der Waals surface area contributed by atoms with Gasteiger partial charge in [0.05, 0.1) is 11.9 Å². The molecule has 1 rings (SSSR count). The van der Waals surface area contributed by atoms with Gasteiger partial charge in [0.15, 0.2) is 0 Å². The summed E-state index contributed by atoms with van der Waals surface area (Å²) in [5.74, 6) is 0.596. The number of hydrogen-bond acceptors (Lipinski definition) is 3. The van der Waals surface area contributed by atoms with Crippen LogP contribution in [-0.2, 0) is 11.3 Å². The number of anilines is 1. The van der Waals surface area contributed by atoms with Crippen molar-refractivity contribution in [2.24, 2.45) is 5.92 Å². The van der Waals surface area contributed by atoms with E-state index < -0.39 is 0 Å². The van der Waals surface area contributed by atoms with Crippen molar-refractivity contribution in [1.82, 2.24) is 15.1 Å². The Morgan fingerprint density at radius 2 is 2.38 bits per heavy atom. The van der Waals surface area contributed by atoms with Gasteiger partial charge in [-0.25, -0.2) is 0 Å². The molecule has 0 aliphatic heterocycles. The number of nitrogens with zero attached hydrogens (tertiary/aromatic N) is 2. The molecule has 1 amide bonds. The molecule has 90 valence electrons. The van der Waals surface area contributed by atoms with Gasteiger partial charge < -0.3 is 10.6 Å². The fourth-order valence-corrected chi connectivity index (χ4v) is 1.20. The van der Waals surface area contributed by atoms with Crippen LogP contribution in [0.4, 0.5) is 5.69 Å². The average molecular weight is 224 g/mol. The van der Waals surface area contributed by atoms with Crippen LogP contribution in [-0.4, -0.2) is 29.3 Å². The lowest BCUT2D eigenvalue weighted by Crippen LogP contribution is -2.23. The Kier molecular flexibility index (Phi) is 4.82. The lowest BCUT2D eigenvalue weighted by molar-refractivity contribution is -0.121. The predicted octanol–water partition coefficient (Wildman–Crippen LogP) is 1.09. The Morgan fingerprint density at radius 3 is 3.00 bits per heavy atom. The molecular weight excluding hydrogens is 204 g/mol. The molecule has 5 nitrogen and oxygen atoms in total. The summed E-state index contributed by atoms with van der Waals surface area (Å²) in [5, 5.41) is 9.96. The summed E-state index contributed by atoms with van der Waals surface area (Å²) in [7, 11) is 1.62.